The van der Waals surface area contributed by atoms with Gasteiger partial charge in [0.15, 0.2) is 5.69 Å². The lowest BCUT2D eigenvalue weighted by atomic mass is 9.87. The van der Waals surface area contributed by atoms with Crippen molar-refractivity contribution in [2.24, 2.45) is 7.05 Å². The number of benzene rings is 1. The van der Waals surface area contributed by atoms with Gasteiger partial charge >= 0.3 is 0 Å². The zero-order valence-electron chi connectivity index (χ0n) is 13.4. The minimum Gasteiger partial charge on any atom is -0.238 e. The van der Waals surface area contributed by atoms with Gasteiger partial charge in [-0.25, -0.2) is 4.57 Å². The van der Waals surface area contributed by atoms with Gasteiger partial charge in [-0.1, -0.05) is 45.9 Å². The third-order valence-electron chi connectivity index (χ3n) is 3.88. The quantitative estimate of drug-likeness (QED) is 0.766. The van der Waals surface area contributed by atoms with E-state index >= 15 is 0 Å². The van der Waals surface area contributed by atoms with Gasteiger partial charge in [0.25, 0.3) is 5.82 Å². The van der Waals surface area contributed by atoms with E-state index in [1.54, 1.807) is 0 Å². The first-order valence-electron chi connectivity index (χ1n) is 7.38. The summed E-state index contributed by atoms with van der Waals surface area (Å²) in [5, 5.41) is 0. The Morgan fingerprint density at radius 3 is 1.95 bits per heavy atom. The van der Waals surface area contributed by atoms with Crippen molar-refractivity contribution in [3.8, 4) is 11.3 Å². The van der Waals surface area contributed by atoms with Gasteiger partial charge in [-0.05, 0) is 27.9 Å². The summed E-state index contributed by atoms with van der Waals surface area (Å²) in [7, 11) is 2.03. The number of aryl methyl sites for hydroxylation is 2. The molecule has 2 heteroatoms. The molecule has 1 aromatic carbocycles. The average Bonchev–Trinajstić information content (AvgIpc) is 2.41. The Labute approximate surface area is 122 Å². The summed E-state index contributed by atoms with van der Waals surface area (Å²) in [6.45, 7) is 11.0. The van der Waals surface area contributed by atoms with E-state index in [9.17, 15) is 0 Å². The summed E-state index contributed by atoms with van der Waals surface area (Å²) < 4.78 is 2.05. The van der Waals surface area contributed by atoms with Crippen LogP contribution in [0.3, 0.4) is 0 Å². The minimum absolute atomic E-state index is 0.500. The minimum atomic E-state index is 0.500. The zero-order valence-corrected chi connectivity index (χ0v) is 13.4. The van der Waals surface area contributed by atoms with E-state index in [0.717, 1.165) is 11.5 Å². The Kier molecular flexibility index (Phi) is 4.22. The fourth-order valence-corrected chi connectivity index (χ4v) is 2.57. The molecule has 20 heavy (non-hydrogen) atoms. The van der Waals surface area contributed by atoms with Crippen LogP contribution >= 0.6 is 0 Å². The second kappa shape index (κ2) is 5.74. The number of hydrogen-bond acceptors (Lipinski definition) is 1. The maximum atomic E-state index is 4.79. The van der Waals surface area contributed by atoms with E-state index in [1.807, 2.05) is 7.05 Å². The monoisotopic (exact) mass is 269 g/mol. The van der Waals surface area contributed by atoms with Crippen LogP contribution in [-0.4, -0.2) is 4.98 Å². The molecule has 0 spiro atoms. The molecule has 0 fully saturated rings. The fourth-order valence-electron chi connectivity index (χ4n) is 2.57. The second-order valence-electron chi connectivity index (χ2n) is 6.09. The molecule has 0 saturated heterocycles. The normalized spacial score (nSPS) is 11.4. The number of hydrogen-bond donors (Lipinski definition) is 0. The first-order chi connectivity index (χ1) is 9.41. The summed E-state index contributed by atoms with van der Waals surface area (Å²) >= 11 is 0. The van der Waals surface area contributed by atoms with Crippen LogP contribution in [0, 0.1) is 6.92 Å². The summed E-state index contributed by atoms with van der Waals surface area (Å²) in [5.41, 5.74) is 5.18. The topological polar surface area (TPSA) is 16.8 Å². The third-order valence-corrected chi connectivity index (χ3v) is 3.88. The molecular weight excluding hydrogens is 244 g/mol. The molecule has 0 radical (unpaired) electrons. The molecule has 0 saturated carbocycles. The molecule has 0 bridgehead atoms. The molecule has 0 aliphatic heterocycles. The predicted octanol–water partition coefficient (Wildman–Crippen LogP) is 4.13. The van der Waals surface area contributed by atoms with Crippen molar-refractivity contribution < 1.29 is 4.57 Å². The molecule has 0 aliphatic carbocycles. The standard InChI is InChI=1S/C18H25N2/c1-12(2)15-8-7-9-16(13(3)4)18(15)17-10-11-20(6)14(5)19-17/h7-13H,1-6H3/q+1. The first kappa shape index (κ1) is 14.7. The Balaban J connectivity index is 2.72. The van der Waals surface area contributed by atoms with Gasteiger partial charge in [0.1, 0.15) is 0 Å². The molecule has 106 valence electrons. The van der Waals surface area contributed by atoms with E-state index in [2.05, 4.69) is 69.6 Å². The Morgan fingerprint density at radius 2 is 1.50 bits per heavy atom. The van der Waals surface area contributed by atoms with Crippen LogP contribution in [0.4, 0.5) is 0 Å². The molecule has 0 atom stereocenters. The highest BCUT2D eigenvalue weighted by Crippen LogP contribution is 2.34. The van der Waals surface area contributed by atoms with Gasteiger partial charge in [-0.3, -0.25) is 0 Å². The first-order valence-corrected chi connectivity index (χ1v) is 7.38. The van der Waals surface area contributed by atoms with Crippen molar-refractivity contribution >= 4 is 0 Å². The lowest BCUT2D eigenvalue weighted by molar-refractivity contribution is -0.680. The molecule has 0 N–H and O–H groups in total. The molecule has 0 amide bonds. The number of aromatic nitrogens is 2. The molecule has 2 nitrogen and oxygen atoms in total. The van der Waals surface area contributed by atoms with Gasteiger partial charge < -0.3 is 0 Å². The van der Waals surface area contributed by atoms with E-state index in [1.165, 1.54) is 16.7 Å². The van der Waals surface area contributed by atoms with Crippen molar-refractivity contribution in [3.05, 3.63) is 47.4 Å². The van der Waals surface area contributed by atoms with Crippen LogP contribution in [0.2, 0.25) is 0 Å². The second-order valence-corrected chi connectivity index (χ2v) is 6.09. The van der Waals surface area contributed by atoms with Crippen molar-refractivity contribution in [1.82, 2.24) is 4.98 Å². The summed E-state index contributed by atoms with van der Waals surface area (Å²) in [5.74, 6) is 2.04. The average molecular weight is 269 g/mol. The maximum absolute atomic E-state index is 4.79. The molecule has 0 unspecified atom stereocenters. The van der Waals surface area contributed by atoms with Gasteiger partial charge in [0, 0.05) is 18.6 Å². The van der Waals surface area contributed by atoms with Crippen molar-refractivity contribution in [2.45, 2.75) is 46.5 Å². The lowest BCUT2D eigenvalue weighted by Crippen LogP contribution is -2.32. The van der Waals surface area contributed by atoms with Crippen LogP contribution in [0.15, 0.2) is 30.5 Å². The zero-order chi connectivity index (χ0) is 14.9. The van der Waals surface area contributed by atoms with Crippen LogP contribution in [0.1, 0.15) is 56.5 Å². The van der Waals surface area contributed by atoms with E-state index in [-0.39, 0.29) is 0 Å². The third kappa shape index (κ3) is 2.74. The van der Waals surface area contributed by atoms with Gasteiger partial charge in [-0.15, -0.1) is 0 Å². The van der Waals surface area contributed by atoms with Crippen molar-refractivity contribution in [1.29, 1.82) is 0 Å². The molecule has 1 aromatic heterocycles. The Hall–Kier alpha value is -1.70. The Bertz CT molecular complexity index is 587. The summed E-state index contributed by atoms with van der Waals surface area (Å²) in [6.07, 6.45) is 2.10. The van der Waals surface area contributed by atoms with Gasteiger partial charge in [0.05, 0.1) is 13.2 Å². The van der Waals surface area contributed by atoms with Crippen LogP contribution < -0.4 is 4.57 Å². The highest BCUT2D eigenvalue weighted by molar-refractivity contribution is 5.69. The van der Waals surface area contributed by atoms with E-state index in [4.69, 9.17) is 4.98 Å². The number of nitrogens with zero attached hydrogens (tertiary/aromatic N) is 2. The van der Waals surface area contributed by atoms with E-state index in [0.29, 0.717) is 11.8 Å². The van der Waals surface area contributed by atoms with Gasteiger partial charge in [-0.2, -0.15) is 0 Å². The Morgan fingerprint density at radius 1 is 0.950 bits per heavy atom. The fraction of sp³-hybridized carbons (Fsp3) is 0.444. The van der Waals surface area contributed by atoms with E-state index < -0.39 is 0 Å². The van der Waals surface area contributed by atoms with Crippen LogP contribution in [0.25, 0.3) is 11.3 Å². The molecule has 2 aromatic rings. The van der Waals surface area contributed by atoms with Crippen LogP contribution in [-0.2, 0) is 7.05 Å². The highest BCUT2D eigenvalue weighted by Gasteiger charge is 2.20. The maximum Gasteiger partial charge on any atom is 0.295 e. The van der Waals surface area contributed by atoms with Crippen LogP contribution in [0.5, 0.6) is 0 Å². The smallest absolute Gasteiger partial charge is 0.238 e. The molecule has 0 aliphatic rings. The van der Waals surface area contributed by atoms with Crippen molar-refractivity contribution in [3.63, 3.8) is 0 Å². The lowest BCUT2D eigenvalue weighted by Gasteiger charge is -2.17. The molecule has 2 rings (SSSR count). The van der Waals surface area contributed by atoms with Gasteiger partial charge in [0.2, 0.25) is 0 Å². The summed E-state index contributed by atoms with van der Waals surface area (Å²) in [6, 6.07) is 8.76. The van der Waals surface area contributed by atoms with Crippen molar-refractivity contribution in [2.75, 3.05) is 0 Å². The number of rotatable bonds is 3. The molecular formula is C18H25N2+. The predicted molar refractivity (Wildman–Crippen MR) is 83.8 cm³/mol. The summed E-state index contributed by atoms with van der Waals surface area (Å²) in [4.78, 5) is 4.79. The largest absolute Gasteiger partial charge is 0.295 e. The molecule has 1 heterocycles. The highest BCUT2D eigenvalue weighted by atomic mass is 15.0. The SMILES string of the molecule is Cc1nc(-c2c(C(C)C)cccc2C(C)C)cc[n+]1C.